The standard InChI is InChI=1S/C11H18O5/c1-4-15-10(13)6-9(8(3)12)7-11(14)16-5-2/h9H,4-7H2,1-3H3. The summed E-state index contributed by atoms with van der Waals surface area (Å²) in [5.41, 5.74) is 0. The Bertz CT molecular complexity index is 239. The number of carbonyl (C=O) groups excluding carboxylic acids is 3. The Labute approximate surface area is 95.1 Å². The van der Waals surface area contributed by atoms with Crippen molar-refractivity contribution in [3.8, 4) is 0 Å². The minimum absolute atomic E-state index is 0.0675. The van der Waals surface area contributed by atoms with Gasteiger partial charge in [0.15, 0.2) is 0 Å². The Morgan fingerprint density at radius 2 is 1.31 bits per heavy atom. The van der Waals surface area contributed by atoms with Crippen LogP contribution in [-0.4, -0.2) is 30.9 Å². The maximum absolute atomic E-state index is 11.2. The Morgan fingerprint density at radius 1 is 0.938 bits per heavy atom. The lowest BCUT2D eigenvalue weighted by Gasteiger charge is -2.11. The second kappa shape index (κ2) is 7.84. The number of ether oxygens (including phenoxy) is 2. The van der Waals surface area contributed by atoms with Gasteiger partial charge in [0.05, 0.1) is 26.1 Å². The van der Waals surface area contributed by atoms with Crippen LogP contribution in [0.5, 0.6) is 0 Å². The lowest BCUT2D eigenvalue weighted by Crippen LogP contribution is -2.22. The van der Waals surface area contributed by atoms with E-state index < -0.39 is 17.9 Å². The Morgan fingerprint density at radius 3 is 1.56 bits per heavy atom. The zero-order chi connectivity index (χ0) is 12.6. The fourth-order valence-electron chi connectivity index (χ4n) is 1.20. The predicted octanol–water partition coefficient (Wildman–Crippen LogP) is 1.10. The molecule has 5 heteroatoms. The van der Waals surface area contributed by atoms with Crippen molar-refractivity contribution < 1.29 is 23.9 Å². The molecule has 0 radical (unpaired) electrons. The van der Waals surface area contributed by atoms with Gasteiger partial charge in [-0.1, -0.05) is 0 Å². The first kappa shape index (κ1) is 14.6. The zero-order valence-corrected chi connectivity index (χ0v) is 9.95. The summed E-state index contributed by atoms with van der Waals surface area (Å²) in [7, 11) is 0. The minimum atomic E-state index is -0.641. The van der Waals surface area contributed by atoms with Crippen LogP contribution < -0.4 is 0 Å². The molecule has 0 rings (SSSR count). The fourth-order valence-corrected chi connectivity index (χ4v) is 1.20. The molecule has 0 saturated heterocycles. The van der Waals surface area contributed by atoms with Crippen molar-refractivity contribution in [3.63, 3.8) is 0 Å². The first-order chi connectivity index (χ1) is 7.51. The molecule has 0 aromatic carbocycles. The normalized spacial score (nSPS) is 10.0. The number of ketones is 1. The largest absolute Gasteiger partial charge is 0.466 e. The molecular weight excluding hydrogens is 212 g/mol. The first-order valence-electron chi connectivity index (χ1n) is 5.32. The maximum atomic E-state index is 11.2. The van der Waals surface area contributed by atoms with E-state index in [1.165, 1.54) is 6.92 Å². The molecule has 0 bridgehead atoms. The molecule has 0 spiro atoms. The number of Topliss-reactive ketones (excluding diaryl/α,β-unsaturated/α-hetero) is 1. The van der Waals surface area contributed by atoms with Crippen molar-refractivity contribution in [1.29, 1.82) is 0 Å². The summed E-state index contributed by atoms with van der Waals surface area (Å²) in [5.74, 6) is -1.78. The summed E-state index contributed by atoms with van der Waals surface area (Å²) in [6, 6.07) is 0. The summed E-state index contributed by atoms with van der Waals surface area (Å²) < 4.78 is 9.44. The van der Waals surface area contributed by atoms with Crippen LogP contribution >= 0.6 is 0 Å². The second-order valence-corrected chi connectivity index (χ2v) is 3.33. The van der Waals surface area contributed by atoms with Crippen LogP contribution in [-0.2, 0) is 23.9 Å². The van der Waals surface area contributed by atoms with Gasteiger partial charge in [0.1, 0.15) is 5.78 Å². The van der Waals surface area contributed by atoms with Gasteiger partial charge in [0.25, 0.3) is 0 Å². The van der Waals surface area contributed by atoms with E-state index in [1.54, 1.807) is 13.8 Å². The monoisotopic (exact) mass is 230 g/mol. The van der Waals surface area contributed by atoms with Crippen LogP contribution in [0.15, 0.2) is 0 Å². The molecule has 16 heavy (non-hydrogen) atoms. The molecule has 0 saturated carbocycles. The summed E-state index contributed by atoms with van der Waals surface area (Å²) in [4.78, 5) is 33.5. The molecule has 0 N–H and O–H groups in total. The van der Waals surface area contributed by atoms with Gasteiger partial charge < -0.3 is 9.47 Å². The van der Waals surface area contributed by atoms with Gasteiger partial charge in [0, 0.05) is 5.92 Å². The van der Waals surface area contributed by atoms with Gasteiger partial charge in [-0.15, -0.1) is 0 Å². The number of rotatable bonds is 7. The molecular formula is C11H18O5. The van der Waals surface area contributed by atoms with E-state index in [4.69, 9.17) is 9.47 Å². The molecule has 0 atom stereocenters. The highest BCUT2D eigenvalue weighted by Gasteiger charge is 2.22. The van der Waals surface area contributed by atoms with Gasteiger partial charge >= 0.3 is 11.9 Å². The van der Waals surface area contributed by atoms with Crippen LogP contribution in [0.2, 0.25) is 0 Å². The van der Waals surface area contributed by atoms with E-state index in [-0.39, 0.29) is 31.8 Å². The van der Waals surface area contributed by atoms with Gasteiger partial charge in [-0.2, -0.15) is 0 Å². The van der Waals surface area contributed by atoms with E-state index in [0.29, 0.717) is 0 Å². The highest BCUT2D eigenvalue weighted by atomic mass is 16.5. The molecule has 0 aliphatic rings. The van der Waals surface area contributed by atoms with Crippen LogP contribution in [0.25, 0.3) is 0 Å². The molecule has 0 aromatic rings. The number of hydrogen-bond acceptors (Lipinski definition) is 5. The molecule has 0 aliphatic carbocycles. The summed E-state index contributed by atoms with van der Waals surface area (Å²) in [6.45, 7) is 5.26. The van der Waals surface area contributed by atoms with E-state index in [9.17, 15) is 14.4 Å². The molecule has 0 fully saturated rings. The Kier molecular flexibility index (Phi) is 7.16. The lowest BCUT2D eigenvalue weighted by molar-refractivity contribution is -0.149. The Balaban J connectivity index is 4.22. The molecule has 0 unspecified atom stereocenters. The highest BCUT2D eigenvalue weighted by Crippen LogP contribution is 2.12. The van der Waals surface area contributed by atoms with Crippen molar-refractivity contribution in [3.05, 3.63) is 0 Å². The average Bonchev–Trinajstić information content (AvgIpc) is 2.17. The predicted molar refractivity (Wildman–Crippen MR) is 56.7 cm³/mol. The fraction of sp³-hybridized carbons (Fsp3) is 0.727. The molecule has 0 aliphatic heterocycles. The van der Waals surface area contributed by atoms with Crippen molar-refractivity contribution >= 4 is 17.7 Å². The second-order valence-electron chi connectivity index (χ2n) is 3.33. The van der Waals surface area contributed by atoms with Crippen LogP contribution in [0.1, 0.15) is 33.6 Å². The average molecular weight is 230 g/mol. The highest BCUT2D eigenvalue weighted by molar-refractivity contribution is 5.87. The molecule has 5 nitrogen and oxygen atoms in total. The van der Waals surface area contributed by atoms with Crippen LogP contribution in [0, 0.1) is 5.92 Å². The van der Waals surface area contributed by atoms with E-state index in [1.807, 2.05) is 0 Å². The maximum Gasteiger partial charge on any atom is 0.306 e. The third-order valence-corrected chi connectivity index (χ3v) is 2.01. The quantitative estimate of drug-likeness (QED) is 0.612. The lowest BCUT2D eigenvalue weighted by atomic mass is 9.97. The van der Waals surface area contributed by atoms with Crippen LogP contribution in [0.3, 0.4) is 0 Å². The van der Waals surface area contributed by atoms with Gasteiger partial charge in [-0.05, 0) is 20.8 Å². The van der Waals surface area contributed by atoms with Crippen LogP contribution in [0.4, 0.5) is 0 Å². The number of hydrogen-bond donors (Lipinski definition) is 0. The van der Waals surface area contributed by atoms with Gasteiger partial charge in [-0.25, -0.2) is 0 Å². The third-order valence-electron chi connectivity index (χ3n) is 2.01. The molecule has 0 heterocycles. The SMILES string of the molecule is CCOC(=O)CC(CC(=O)OCC)C(C)=O. The zero-order valence-electron chi connectivity index (χ0n) is 9.95. The summed E-state index contributed by atoms with van der Waals surface area (Å²) >= 11 is 0. The molecule has 92 valence electrons. The number of esters is 2. The van der Waals surface area contributed by atoms with Crippen molar-refractivity contribution in [2.75, 3.05) is 13.2 Å². The summed E-state index contributed by atoms with van der Waals surface area (Å²) in [6.07, 6.45) is -0.135. The van der Waals surface area contributed by atoms with E-state index >= 15 is 0 Å². The molecule has 0 amide bonds. The first-order valence-corrected chi connectivity index (χ1v) is 5.32. The van der Waals surface area contributed by atoms with E-state index in [2.05, 4.69) is 0 Å². The smallest absolute Gasteiger partial charge is 0.306 e. The van der Waals surface area contributed by atoms with Gasteiger partial charge in [-0.3, -0.25) is 14.4 Å². The van der Waals surface area contributed by atoms with Crippen molar-refractivity contribution in [1.82, 2.24) is 0 Å². The third kappa shape index (κ3) is 6.16. The van der Waals surface area contributed by atoms with Crippen molar-refractivity contribution in [2.45, 2.75) is 33.6 Å². The topological polar surface area (TPSA) is 69.7 Å². The minimum Gasteiger partial charge on any atom is -0.466 e. The van der Waals surface area contributed by atoms with E-state index in [0.717, 1.165) is 0 Å². The summed E-state index contributed by atoms with van der Waals surface area (Å²) in [5, 5.41) is 0. The number of carbonyl (C=O) groups is 3. The Hall–Kier alpha value is -1.39. The molecule has 0 aromatic heterocycles. The van der Waals surface area contributed by atoms with Gasteiger partial charge in [0.2, 0.25) is 0 Å². The van der Waals surface area contributed by atoms with Crippen molar-refractivity contribution in [2.24, 2.45) is 5.92 Å².